The third-order valence-electron chi connectivity index (χ3n) is 5.72. The van der Waals surface area contributed by atoms with E-state index in [1.807, 2.05) is 4.90 Å². The van der Waals surface area contributed by atoms with Crippen LogP contribution in [0.5, 0.6) is 5.75 Å². The normalized spacial score (nSPS) is 22.5. The summed E-state index contributed by atoms with van der Waals surface area (Å²) in [4.78, 5) is 39.2. The zero-order valence-corrected chi connectivity index (χ0v) is 18.2. The summed E-state index contributed by atoms with van der Waals surface area (Å²) in [6, 6.07) is 2.88. The molecular weight excluding hydrogens is 444 g/mol. The number of carbonyl (C=O) groups excluding carboxylic acids is 3. The smallest absolute Gasteiger partial charge is 0.387 e. The zero-order valence-electron chi connectivity index (χ0n) is 18.2. The van der Waals surface area contributed by atoms with Crippen LogP contribution < -0.4 is 15.4 Å². The van der Waals surface area contributed by atoms with Gasteiger partial charge in [0, 0.05) is 12.1 Å². The molecule has 10 nitrogen and oxygen atoms in total. The molecule has 33 heavy (non-hydrogen) atoms. The molecule has 2 heterocycles. The fourth-order valence-electron chi connectivity index (χ4n) is 3.90. The number of aliphatic hydroxyl groups excluding tert-OH is 1. The molecule has 2 aliphatic rings. The van der Waals surface area contributed by atoms with E-state index in [9.17, 15) is 28.3 Å². The number of hydrogen-bond acceptors (Lipinski definition) is 8. The number of rotatable bonds is 10. The van der Waals surface area contributed by atoms with Crippen molar-refractivity contribution in [2.24, 2.45) is 0 Å². The Morgan fingerprint density at radius 2 is 1.82 bits per heavy atom. The average molecular weight is 471 g/mol. The van der Waals surface area contributed by atoms with Crippen LogP contribution in [0.2, 0.25) is 0 Å². The van der Waals surface area contributed by atoms with E-state index >= 15 is 0 Å². The Morgan fingerprint density at radius 3 is 2.36 bits per heavy atom. The number of morpholine rings is 1. The summed E-state index contributed by atoms with van der Waals surface area (Å²) in [5, 5.41) is 15.6. The topological polar surface area (TPSA) is 126 Å². The third-order valence-corrected chi connectivity index (χ3v) is 5.72. The van der Waals surface area contributed by atoms with Crippen molar-refractivity contribution in [1.29, 1.82) is 0 Å². The van der Waals surface area contributed by atoms with E-state index in [1.54, 1.807) is 0 Å². The van der Waals surface area contributed by atoms with Gasteiger partial charge >= 0.3 is 12.6 Å². The van der Waals surface area contributed by atoms with Crippen molar-refractivity contribution in [2.45, 2.75) is 50.2 Å². The van der Waals surface area contributed by atoms with Gasteiger partial charge < -0.3 is 30.0 Å². The lowest BCUT2D eigenvalue weighted by atomic mass is 9.91. The maximum atomic E-state index is 12.6. The second-order valence-electron chi connectivity index (χ2n) is 7.94. The number of benzene rings is 1. The van der Waals surface area contributed by atoms with Gasteiger partial charge in [-0.1, -0.05) is 12.1 Å². The Bertz CT molecular complexity index is 841. The molecule has 2 aliphatic heterocycles. The van der Waals surface area contributed by atoms with Gasteiger partial charge in [0.25, 0.3) is 0 Å². The first-order valence-corrected chi connectivity index (χ1v) is 10.4. The highest BCUT2D eigenvalue weighted by Crippen LogP contribution is 2.30. The third kappa shape index (κ3) is 6.15. The van der Waals surface area contributed by atoms with E-state index in [1.165, 1.54) is 31.2 Å². The highest BCUT2D eigenvalue weighted by molar-refractivity contribution is 5.91. The summed E-state index contributed by atoms with van der Waals surface area (Å²) < 4.78 is 38.9. The number of nitrogens with one attached hydrogen (secondary N) is 2. The molecule has 2 saturated heterocycles. The summed E-state index contributed by atoms with van der Waals surface area (Å²) in [5.41, 5.74) is 0.163. The number of esters is 1. The van der Waals surface area contributed by atoms with Crippen LogP contribution in [-0.2, 0) is 23.9 Å². The zero-order chi connectivity index (χ0) is 24.1. The number of hydrogen-bond donors (Lipinski definition) is 3. The van der Waals surface area contributed by atoms with Gasteiger partial charge in [0.05, 0.1) is 26.9 Å². The molecule has 1 aromatic carbocycles. The number of nitrogens with zero attached hydrogens (tertiary/aromatic N) is 1. The summed E-state index contributed by atoms with van der Waals surface area (Å²) in [6.07, 6.45) is -0.553. The van der Waals surface area contributed by atoms with Gasteiger partial charge in [-0.3, -0.25) is 14.5 Å². The predicted octanol–water partition coefficient (Wildman–Crippen LogP) is -0.0430. The minimum Gasteiger partial charge on any atom is -0.467 e. The maximum absolute atomic E-state index is 12.6. The largest absolute Gasteiger partial charge is 0.467 e. The van der Waals surface area contributed by atoms with Crippen LogP contribution >= 0.6 is 0 Å². The lowest BCUT2D eigenvalue weighted by Crippen LogP contribution is -2.65. The van der Waals surface area contributed by atoms with Crippen molar-refractivity contribution < 1.29 is 42.5 Å². The molecule has 0 spiro atoms. The quantitative estimate of drug-likeness (QED) is 0.406. The van der Waals surface area contributed by atoms with Gasteiger partial charge in [0.15, 0.2) is 6.04 Å². The molecule has 0 saturated carbocycles. The molecule has 0 radical (unpaired) electrons. The second-order valence-corrected chi connectivity index (χ2v) is 7.94. The molecule has 1 aromatic rings. The average Bonchev–Trinajstić information content (AvgIpc) is 2.80. The lowest BCUT2D eigenvalue weighted by molar-refractivity contribution is -0.149. The summed E-state index contributed by atoms with van der Waals surface area (Å²) in [5.74, 6) is -2.11. The molecule has 2 unspecified atom stereocenters. The van der Waals surface area contributed by atoms with E-state index < -0.39 is 36.7 Å². The summed E-state index contributed by atoms with van der Waals surface area (Å²) in [7, 11) is 1.09. The van der Waals surface area contributed by atoms with Crippen molar-refractivity contribution in [3.8, 4) is 5.75 Å². The van der Waals surface area contributed by atoms with E-state index in [2.05, 4.69) is 20.1 Å². The van der Waals surface area contributed by atoms with Crippen molar-refractivity contribution >= 4 is 17.8 Å². The molecule has 2 fully saturated rings. The van der Waals surface area contributed by atoms with E-state index in [4.69, 9.17) is 4.74 Å². The Morgan fingerprint density at radius 1 is 1.18 bits per heavy atom. The fourth-order valence-corrected chi connectivity index (χ4v) is 3.90. The minimum absolute atomic E-state index is 0.131. The first-order chi connectivity index (χ1) is 15.7. The molecule has 2 amide bonds. The molecule has 3 N–H and O–H groups in total. The van der Waals surface area contributed by atoms with E-state index in [-0.39, 0.29) is 35.8 Å². The van der Waals surface area contributed by atoms with Crippen molar-refractivity contribution in [2.75, 3.05) is 26.9 Å². The molecule has 3 rings (SSSR count). The van der Waals surface area contributed by atoms with E-state index in [0.29, 0.717) is 13.2 Å². The van der Waals surface area contributed by atoms with Crippen molar-refractivity contribution in [3.05, 3.63) is 29.8 Å². The Kier molecular flexibility index (Phi) is 8.16. The number of ether oxygens (including phenoxy) is 3. The van der Waals surface area contributed by atoms with Crippen molar-refractivity contribution in [3.63, 3.8) is 0 Å². The first-order valence-electron chi connectivity index (χ1n) is 10.4. The van der Waals surface area contributed by atoms with Crippen molar-refractivity contribution in [1.82, 2.24) is 15.5 Å². The van der Waals surface area contributed by atoms with Crippen LogP contribution in [0, 0.1) is 0 Å². The molecule has 182 valence electrons. The number of methoxy groups -OCH3 is 1. The molecule has 2 bridgehead atoms. The van der Waals surface area contributed by atoms with Gasteiger partial charge in [-0.2, -0.15) is 8.78 Å². The fraction of sp³-hybridized carbons (Fsp3) is 0.571. The standard InChI is InChI=1S/C21H27F2N3O7/c1-11(24-16(27)8-26-13-7-14(26)10-32-9-13)19(29)25-17(20(30)31-2)18(28)12-3-5-15(6-4-12)33-21(22)23/h3-6,11,13-14,17-18,21,28H,7-10H2,1-2H3,(H,24,27)(H,25,29)/t11-,13?,14?,17-,18+/m0/s1. The van der Waals surface area contributed by atoms with Crippen LogP contribution in [0.15, 0.2) is 24.3 Å². The SMILES string of the molecule is COC(=O)[C@@H](NC(=O)[C@H](C)NC(=O)CN1C2COCC1C2)[C@H](O)c1ccc(OC(F)F)cc1. The van der Waals surface area contributed by atoms with Gasteiger partial charge in [0.2, 0.25) is 11.8 Å². The Balaban J connectivity index is 1.57. The number of halogens is 2. The first kappa shape index (κ1) is 24.8. The highest BCUT2D eigenvalue weighted by atomic mass is 19.3. The Hall–Kier alpha value is -2.83. The van der Waals surface area contributed by atoms with Gasteiger partial charge in [-0.05, 0) is 31.0 Å². The maximum Gasteiger partial charge on any atom is 0.387 e. The highest BCUT2D eigenvalue weighted by Gasteiger charge is 2.43. The molecule has 0 aromatic heterocycles. The minimum atomic E-state index is -3.01. The van der Waals surface area contributed by atoms with Crippen LogP contribution in [0.3, 0.4) is 0 Å². The molecule has 12 heteroatoms. The number of aliphatic hydroxyl groups is 1. The van der Waals surface area contributed by atoms with Crippen LogP contribution in [0.1, 0.15) is 25.0 Å². The van der Waals surface area contributed by atoms with Gasteiger partial charge in [0.1, 0.15) is 17.9 Å². The van der Waals surface area contributed by atoms with Crippen LogP contribution in [0.25, 0.3) is 0 Å². The molecule has 5 atom stereocenters. The predicted molar refractivity (Wildman–Crippen MR) is 109 cm³/mol. The molecule has 0 aliphatic carbocycles. The number of alkyl halides is 2. The summed E-state index contributed by atoms with van der Waals surface area (Å²) >= 11 is 0. The Labute approximate surface area is 189 Å². The second kappa shape index (κ2) is 10.9. The monoisotopic (exact) mass is 471 g/mol. The summed E-state index contributed by atoms with van der Waals surface area (Å²) in [6.45, 7) is -0.271. The number of amides is 2. The van der Waals surface area contributed by atoms with Crippen LogP contribution in [-0.4, -0.2) is 85.4 Å². The van der Waals surface area contributed by atoms with Crippen LogP contribution in [0.4, 0.5) is 8.78 Å². The van der Waals surface area contributed by atoms with Gasteiger partial charge in [-0.15, -0.1) is 0 Å². The molecular formula is C21H27F2N3O7. The lowest BCUT2D eigenvalue weighted by Gasteiger charge is -2.52. The van der Waals surface area contributed by atoms with Gasteiger partial charge in [-0.25, -0.2) is 4.79 Å². The number of fused-ring (bicyclic) bond motifs is 2. The van der Waals surface area contributed by atoms with E-state index in [0.717, 1.165) is 13.5 Å². The number of carbonyl (C=O) groups is 3.